The summed E-state index contributed by atoms with van der Waals surface area (Å²) in [5.74, 6) is -1.27. The van der Waals surface area contributed by atoms with E-state index in [4.69, 9.17) is 14.9 Å². The van der Waals surface area contributed by atoms with Crippen molar-refractivity contribution in [2.24, 2.45) is 5.92 Å². The molecule has 0 heterocycles. The molecule has 0 aliphatic heterocycles. The van der Waals surface area contributed by atoms with Crippen LogP contribution >= 0.6 is 0 Å². The van der Waals surface area contributed by atoms with Gasteiger partial charge in [-0.05, 0) is 6.92 Å². The summed E-state index contributed by atoms with van der Waals surface area (Å²) in [4.78, 5) is 12.7. The van der Waals surface area contributed by atoms with E-state index in [1.165, 1.54) is 0 Å². The molecule has 0 spiro atoms. The molecule has 0 aromatic heterocycles. The minimum Gasteiger partial charge on any atom is -0.481 e. The highest BCUT2D eigenvalue weighted by molar-refractivity contribution is 5.70. The van der Waals surface area contributed by atoms with Crippen molar-refractivity contribution in [3.05, 3.63) is 0 Å². The van der Waals surface area contributed by atoms with E-state index in [1.807, 2.05) is 11.8 Å². The summed E-state index contributed by atoms with van der Waals surface area (Å²) in [7, 11) is 1.60. The Bertz CT molecular complexity index is 186. The van der Waals surface area contributed by atoms with Gasteiger partial charge in [0.25, 0.3) is 0 Å². The first kappa shape index (κ1) is 14.3. The number of carboxylic acids is 1. The molecule has 2 unspecified atom stereocenters. The summed E-state index contributed by atoms with van der Waals surface area (Å²) in [6, 6.07) is -0.107. The Morgan fingerprint density at radius 2 is 2.00 bits per heavy atom. The molecule has 0 aliphatic rings. The van der Waals surface area contributed by atoms with E-state index in [9.17, 15) is 4.79 Å². The number of aliphatic carboxylic acids is 1. The van der Waals surface area contributed by atoms with Crippen molar-refractivity contribution in [3.8, 4) is 0 Å². The lowest BCUT2D eigenvalue weighted by atomic mass is 10.0. The zero-order valence-corrected chi connectivity index (χ0v) is 9.64. The van der Waals surface area contributed by atoms with Gasteiger partial charge in [0.05, 0.1) is 19.1 Å². The lowest BCUT2D eigenvalue weighted by molar-refractivity contribution is -0.143. The zero-order chi connectivity index (χ0) is 11.8. The second-order valence-corrected chi connectivity index (χ2v) is 3.62. The Balaban J connectivity index is 4.25. The van der Waals surface area contributed by atoms with Crippen LogP contribution in [0, 0.1) is 5.92 Å². The third kappa shape index (κ3) is 5.11. The highest BCUT2D eigenvalue weighted by atomic mass is 16.5. The molecule has 90 valence electrons. The SMILES string of the molecule is COCCN(CCO)C(C)C(C)C(=O)O. The Hall–Kier alpha value is -0.650. The molecule has 0 amide bonds. The van der Waals surface area contributed by atoms with Crippen LogP contribution in [-0.4, -0.2) is 60.5 Å². The van der Waals surface area contributed by atoms with Gasteiger partial charge in [0.15, 0.2) is 0 Å². The van der Waals surface area contributed by atoms with Crippen LogP contribution < -0.4 is 0 Å². The van der Waals surface area contributed by atoms with Gasteiger partial charge in [0.1, 0.15) is 0 Å². The van der Waals surface area contributed by atoms with E-state index in [0.29, 0.717) is 19.7 Å². The van der Waals surface area contributed by atoms with Crippen LogP contribution in [0.1, 0.15) is 13.8 Å². The van der Waals surface area contributed by atoms with Crippen molar-refractivity contribution in [3.63, 3.8) is 0 Å². The molecule has 0 aromatic carbocycles. The molecule has 0 fully saturated rings. The maximum atomic E-state index is 10.8. The van der Waals surface area contributed by atoms with E-state index < -0.39 is 11.9 Å². The Labute approximate surface area is 90.6 Å². The first-order valence-electron chi connectivity index (χ1n) is 5.11. The highest BCUT2D eigenvalue weighted by Crippen LogP contribution is 2.10. The Kier molecular flexibility index (Phi) is 7.29. The lowest BCUT2D eigenvalue weighted by Gasteiger charge is -2.30. The topological polar surface area (TPSA) is 70.0 Å². The van der Waals surface area contributed by atoms with Gasteiger partial charge in [-0.2, -0.15) is 0 Å². The van der Waals surface area contributed by atoms with Crippen molar-refractivity contribution in [1.29, 1.82) is 0 Å². The molecule has 0 radical (unpaired) electrons. The summed E-state index contributed by atoms with van der Waals surface area (Å²) < 4.78 is 4.94. The van der Waals surface area contributed by atoms with Gasteiger partial charge in [-0.15, -0.1) is 0 Å². The molecule has 0 saturated heterocycles. The average Bonchev–Trinajstić information content (AvgIpc) is 2.22. The van der Waals surface area contributed by atoms with Crippen LogP contribution in [0.3, 0.4) is 0 Å². The average molecular weight is 219 g/mol. The number of aliphatic hydroxyl groups is 1. The first-order chi connectivity index (χ1) is 7.04. The highest BCUT2D eigenvalue weighted by Gasteiger charge is 2.24. The molecule has 5 nitrogen and oxygen atoms in total. The minimum atomic E-state index is -0.817. The van der Waals surface area contributed by atoms with Crippen molar-refractivity contribution in [2.75, 3.05) is 33.4 Å². The maximum Gasteiger partial charge on any atom is 0.307 e. The number of ether oxygens (including phenoxy) is 1. The predicted molar refractivity (Wildman–Crippen MR) is 56.8 cm³/mol. The fraction of sp³-hybridized carbons (Fsp3) is 0.900. The van der Waals surface area contributed by atoms with E-state index in [0.717, 1.165) is 0 Å². The number of nitrogens with zero attached hydrogens (tertiary/aromatic N) is 1. The zero-order valence-electron chi connectivity index (χ0n) is 9.64. The Morgan fingerprint density at radius 1 is 1.40 bits per heavy atom. The van der Waals surface area contributed by atoms with Crippen molar-refractivity contribution < 1.29 is 19.7 Å². The second kappa shape index (κ2) is 7.62. The van der Waals surface area contributed by atoms with Crippen LogP contribution in [0.25, 0.3) is 0 Å². The van der Waals surface area contributed by atoms with Crippen molar-refractivity contribution >= 4 is 5.97 Å². The maximum absolute atomic E-state index is 10.8. The monoisotopic (exact) mass is 219 g/mol. The third-order valence-corrected chi connectivity index (χ3v) is 2.66. The molecule has 15 heavy (non-hydrogen) atoms. The lowest BCUT2D eigenvalue weighted by Crippen LogP contribution is -2.43. The number of rotatable bonds is 8. The summed E-state index contributed by atoms with van der Waals surface area (Å²) in [6.07, 6.45) is 0. The fourth-order valence-electron chi connectivity index (χ4n) is 1.38. The molecule has 2 N–H and O–H groups in total. The van der Waals surface area contributed by atoms with Gasteiger partial charge < -0.3 is 14.9 Å². The van der Waals surface area contributed by atoms with Crippen molar-refractivity contribution in [2.45, 2.75) is 19.9 Å². The van der Waals surface area contributed by atoms with Crippen LogP contribution in [0.15, 0.2) is 0 Å². The van der Waals surface area contributed by atoms with E-state index >= 15 is 0 Å². The quantitative estimate of drug-likeness (QED) is 0.603. The number of hydrogen-bond acceptors (Lipinski definition) is 4. The first-order valence-corrected chi connectivity index (χ1v) is 5.11. The molecule has 0 saturated carbocycles. The van der Waals surface area contributed by atoms with Gasteiger partial charge in [0.2, 0.25) is 0 Å². The molecule has 0 bridgehead atoms. The van der Waals surface area contributed by atoms with Gasteiger partial charge in [-0.3, -0.25) is 9.69 Å². The predicted octanol–water partition coefficient (Wildman–Crippen LogP) is 0.0363. The molecule has 0 aromatic rings. The molecular formula is C10H21NO4. The number of hydrogen-bond donors (Lipinski definition) is 2. The third-order valence-electron chi connectivity index (χ3n) is 2.66. The van der Waals surface area contributed by atoms with Gasteiger partial charge in [0, 0.05) is 26.2 Å². The van der Waals surface area contributed by atoms with E-state index in [1.54, 1.807) is 14.0 Å². The summed E-state index contributed by atoms with van der Waals surface area (Å²) >= 11 is 0. The summed E-state index contributed by atoms with van der Waals surface area (Å²) in [5.41, 5.74) is 0. The summed E-state index contributed by atoms with van der Waals surface area (Å²) in [5, 5.41) is 17.7. The molecule has 5 heteroatoms. The normalized spacial score (nSPS) is 15.3. The van der Waals surface area contributed by atoms with Crippen LogP contribution in [0.2, 0.25) is 0 Å². The number of methoxy groups -OCH3 is 1. The minimum absolute atomic E-state index is 0.0282. The standard InChI is InChI=1S/C10H21NO4/c1-8(10(13)14)9(2)11(4-6-12)5-7-15-3/h8-9,12H,4-7H2,1-3H3,(H,13,14). The number of carboxylic acid groups (broad SMARTS) is 1. The van der Waals surface area contributed by atoms with Gasteiger partial charge in [-0.1, -0.05) is 6.92 Å². The number of carbonyl (C=O) groups is 1. The Morgan fingerprint density at radius 3 is 2.40 bits per heavy atom. The molecule has 0 rings (SSSR count). The smallest absolute Gasteiger partial charge is 0.307 e. The second-order valence-electron chi connectivity index (χ2n) is 3.62. The van der Waals surface area contributed by atoms with E-state index in [2.05, 4.69) is 0 Å². The van der Waals surface area contributed by atoms with Crippen LogP contribution in [-0.2, 0) is 9.53 Å². The fourth-order valence-corrected chi connectivity index (χ4v) is 1.38. The van der Waals surface area contributed by atoms with Crippen LogP contribution in [0.5, 0.6) is 0 Å². The number of aliphatic hydroxyl groups excluding tert-OH is 1. The molecule has 0 aliphatic carbocycles. The summed E-state index contributed by atoms with van der Waals surface area (Å²) in [6.45, 7) is 5.20. The van der Waals surface area contributed by atoms with Crippen molar-refractivity contribution in [1.82, 2.24) is 4.90 Å². The molecular weight excluding hydrogens is 198 g/mol. The van der Waals surface area contributed by atoms with Gasteiger partial charge in [-0.25, -0.2) is 0 Å². The van der Waals surface area contributed by atoms with Crippen LogP contribution in [0.4, 0.5) is 0 Å². The molecule has 2 atom stereocenters. The largest absolute Gasteiger partial charge is 0.481 e. The van der Waals surface area contributed by atoms with Gasteiger partial charge >= 0.3 is 5.97 Å². The van der Waals surface area contributed by atoms with E-state index in [-0.39, 0.29) is 12.6 Å².